The smallest absolute Gasteiger partial charge is 0.213 e. The largest absolute Gasteiger partial charge is 0.473 e. The Balaban J connectivity index is 1.23. The van der Waals surface area contributed by atoms with E-state index in [1.54, 1.807) is 13.2 Å². The number of aliphatic imine (C=N–C) groups is 1. The molecule has 0 bridgehead atoms. The van der Waals surface area contributed by atoms with E-state index in [9.17, 15) is 0 Å². The Morgan fingerprint density at radius 3 is 2.67 bits per heavy atom. The lowest BCUT2D eigenvalue weighted by molar-refractivity contribution is 0.293. The monoisotopic (exact) mass is 442 g/mol. The fourth-order valence-corrected chi connectivity index (χ4v) is 3.70. The number of rotatable bonds is 9. The van der Waals surface area contributed by atoms with Gasteiger partial charge in [0, 0.05) is 38.9 Å². The molecular formula is C26H30N6O. The van der Waals surface area contributed by atoms with Gasteiger partial charge in [-0.15, -0.1) is 0 Å². The second-order valence-electron chi connectivity index (χ2n) is 7.78. The Labute approximate surface area is 194 Å². The summed E-state index contributed by atoms with van der Waals surface area (Å²) in [5, 5.41) is 6.75. The molecule has 170 valence electrons. The SMILES string of the molecule is CN=C(NCCCn1c(C)nc2ccccc21)NCc1ccnc(OCc2ccccc2)c1. The van der Waals surface area contributed by atoms with Crippen molar-refractivity contribution in [3.63, 3.8) is 0 Å². The molecule has 0 saturated carbocycles. The molecule has 2 heterocycles. The number of pyridine rings is 1. The zero-order valence-electron chi connectivity index (χ0n) is 19.2. The van der Waals surface area contributed by atoms with E-state index in [-0.39, 0.29) is 0 Å². The first kappa shape index (κ1) is 22.3. The predicted octanol–water partition coefficient (Wildman–Crippen LogP) is 4.07. The Hall–Kier alpha value is -3.87. The van der Waals surface area contributed by atoms with Crippen LogP contribution < -0.4 is 15.4 Å². The maximum absolute atomic E-state index is 5.83. The molecule has 0 amide bonds. The maximum Gasteiger partial charge on any atom is 0.213 e. The number of guanidine groups is 1. The number of hydrogen-bond acceptors (Lipinski definition) is 4. The molecular weight excluding hydrogens is 412 g/mol. The van der Waals surface area contributed by atoms with Crippen molar-refractivity contribution >= 4 is 17.0 Å². The topological polar surface area (TPSA) is 76.4 Å². The third-order valence-corrected chi connectivity index (χ3v) is 5.41. The highest BCUT2D eigenvalue weighted by atomic mass is 16.5. The van der Waals surface area contributed by atoms with E-state index in [0.717, 1.165) is 47.9 Å². The molecule has 2 N–H and O–H groups in total. The van der Waals surface area contributed by atoms with E-state index >= 15 is 0 Å². The number of nitrogens with one attached hydrogen (secondary N) is 2. The van der Waals surface area contributed by atoms with Crippen LogP contribution in [0.25, 0.3) is 11.0 Å². The van der Waals surface area contributed by atoms with Crippen LogP contribution >= 0.6 is 0 Å². The quantitative estimate of drug-likeness (QED) is 0.232. The number of fused-ring (bicyclic) bond motifs is 1. The lowest BCUT2D eigenvalue weighted by Gasteiger charge is -2.13. The Bertz CT molecular complexity index is 1200. The van der Waals surface area contributed by atoms with Crippen LogP contribution in [0.1, 0.15) is 23.4 Å². The highest BCUT2D eigenvalue weighted by molar-refractivity contribution is 5.79. The first-order chi connectivity index (χ1) is 16.2. The summed E-state index contributed by atoms with van der Waals surface area (Å²) in [7, 11) is 1.78. The van der Waals surface area contributed by atoms with Gasteiger partial charge < -0.3 is 19.9 Å². The van der Waals surface area contributed by atoms with Gasteiger partial charge in [-0.3, -0.25) is 4.99 Å². The fraction of sp³-hybridized carbons (Fsp3) is 0.269. The second-order valence-corrected chi connectivity index (χ2v) is 7.78. The molecule has 0 unspecified atom stereocenters. The van der Waals surface area contributed by atoms with Crippen LogP contribution in [0.15, 0.2) is 77.9 Å². The van der Waals surface area contributed by atoms with Crippen LogP contribution in [0.5, 0.6) is 5.88 Å². The van der Waals surface area contributed by atoms with Crippen molar-refractivity contribution in [3.8, 4) is 5.88 Å². The zero-order valence-corrected chi connectivity index (χ0v) is 19.2. The first-order valence-corrected chi connectivity index (χ1v) is 11.2. The number of imidazole rings is 1. The maximum atomic E-state index is 5.83. The minimum atomic E-state index is 0.500. The van der Waals surface area contributed by atoms with Gasteiger partial charge in [-0.05, 0) is 42.7 Å². The lowest BCUT2D eigenvalue weighted by atomic mass is 10.2. The summed E-state index contributed by atoms with van der Waals surface area (Å²) in [5.41, 5.74) is 4.42. The number of aryl methyl sites for hydroxylation is 2. The van der Waals surface area contributed by atoms with E-state index in [1.165, 1.54) is 5.52 Å². The molecule has 2 aromatic heterocycles. The minimum Gasteiger partial charge on any atom is -0.473 e. The normalized spacial score (nSPS) is 11.5. The van der Waals surface area contributed by atoms with Gasteiger partial charge in [0.2, 0.25) is 5.88 Å². The van der Waals surface area contributed by atoms with Crippen molar-refractivity contribution in [2.75, 3.05) is 13.6 Å². The van der Waals surface area contributed by atoms with Gasteiger partial charge in [-0.2, -0.15) is 0 Å². The lowest BCUT2D eigenvalue weighted by Crippen LogP contribution is -2.37. The van der Waals surface area contributed by atoms with Crippen LogP contribution in [0.2, 0.25) is 0 Å². The van der Waals surface area contributed by atoms with Crippen molar-refractivity contribution in [2.24, 2.45) is 4.99 Å². The highest BCUT2D eigenvalue weighted by Crippen LogP contribution is 2.15. The van der Waals surface area contributed by atoms with E-state index in [1.807, 2.05) is 48.5 Å². The molecule has 0 aliphatic heterocycles. The van der Waals surface area contributed by atoms with Gasteiger partial charge in [-0.25, -0.2) is 9.97 Å². The van der Waals surface area contributed by atoms with Gasteiger partial charge >= 0.3 is 0 Å². The second kappa shape index (κ2) is 11.1. The first-order valence-electron chi connectivity index (χ1n) is 11.2. The van der Waals surface area contributed by atoms with Crippen LogP contribution in [-0.4, -0.2) is 34.1 Å². The van der Waals surface area contributed by atoms with Crippen molar-refractivity contribution in [1.82, 2.24) is 25.2 Å². The molecule has 0 atom stereocenters. The molecule has 7 nitrogen and oxygen atoms in total. The summed E-state index contributed by atoms with van der Waals surface area (Å²) in [6, 6.07) is 22.3. The molecule has 0 aliphatic carbocycles. The summed E-state index contributed by atoms with van der Waals surface area (Å²) in [6.45, 7) is 4.91. The number of aromatic nitrogens is 3. The predicted molar refractivity (Wildman–Crippen MR) is 132 cm³/mol. The number of ether oxygens (including phenoxy) is 1. The van der Waals surface area contributed by atoms with Crippen molar-refractivity contribution in [1.29, 1.82) is 0 Å². The summed E-state index contributed by atoms with van der Waals surface area (Å²) in [5.74, 6) is 2.43. The van der Waals surface area contributed by atoms with E-state index < -0.39 is 0 Å². The van der Waals surface area contributed by atoms with Crippen LogP contribution in [0, 0.1) is 6.92 Å². The number of nitrogens with zero attached hydrogens (tertiary/aromatic N) is 4. The highest BCUT2D eigenvalue weighted by Gasteiger charge is 2.06. The Morgan fingerprint density at radius 1 is 1.00 bits per heavy atom. The van der Waals surface area contributed by atoms with Gasteiger partial charge in [0.1, 0.15) is 12.4 Å². The number of benzene rings is 2. The molecule has 0 fully saturated rings. The summed E-state index contributed by atoms with van der Waals surface area (Å²) >= 11 is 0. The minimum absolute atomic E-state index is 0.500. The third kappa shape index (κ3) is 6.10. The van der Waals surface area contributed by atoms with Gasteiger partial charge in [0.05, 0.1) is 11.0 Å². The zero-order chi connectivity index (χ0) is 22.9. The van der Waals surface area contributed by atoms with Gasteiger partial charge in [0.15, 0.2) is 5.96 Å². The van der Waals surface area contributed by atoms with Crippen molar-refractivity contribution < 1.29 is 4.74 Å². The van der Waals surface area contributed by atoms with Crippen molar-refractivity contribution in [2.45, 2.75) is 33.0 Å². The van der Waals surface area contributed by atoms with Crippen LogP contribution in [-0.2, 0) is 19.7 Å². The standard InChI is InChI=1S/C26H30N6O/c1-20-31-23-11-6-7-12-24(23)32(20)16-8-14-29-26(27-2)30-18-22-13-15-28-25(17-22)33-19-21-9-4-3-5-10-21/h3-7,9-13,15,17H,8,14,16,18-19H2,1-2H3,(H2,27,29,30). The van der Waals surface area contributed by atoms with Gasteiger partial charge in [-0.1, -0.05) is 42.5 Å². The van der Waals surface area contributed by atoms with E-state index in [2.05, 4.69) is 55.3 Å². The van der Waals surface area contributed by atoms with Gasteiger partial charge in [0.25, 0.3) is 0 Å². The summed E-state index contributed by atoms with van der Waals surface area (Å²) < 4.78 is 8.09. The molecule has 0 aliphatic rings. The Kier molecular flexibility index (Phi) is 7.53. The summed E-state index contributed by atoms with van der Waals surface area (Å²) in [6.07, 6.45) is 2.74. The molecule has 7 heteroatoms. The molecule has 4 aromatic rings. The average molecular weight is 443 g/mol. The summed E-state index contributed by atoms with van der Waals surface area (Å²) in [4.78, 5) is 13.3. The molecule has 0 spiro atoms. The number of para-hydroxylation sites is 2. The molecule has 2 aromatic carbocycles. The number of hydrogen-bond donors (Lipinski definition) is 2. The van der Waals surface area contributed by atoms with Crippen LogP contribution in [0.3, 0.4) is 0 Å². The third-order valence-electron chi connectivity index (χ3n) is 5.41. The molecule has 0 radical (unpaired) electrons. The molecule has 4 rings (SSSR count). The van der Waals surface area contributed by atoms with Crippen molar-refractivity contribution in [3.05, 3.63) is 89.9 Å². The van der Waals surface area contributed by atoms with E-state index in [0.29, 0.717) is 19.0 Å². The Morgan fingerprint density at radius 2 is 1.82 bits per heavy atom. The molecule has 0 saturated heterocycles. The van der Waals surface area contributed by atoms with Crippen LogP contribution in [0.4, 0.5) is 0 Å². The molecule has 33 heavy (non-hydrogen) atoms. The van der Waals surface area contributed by atoms with E-state index in [4.69, 9.17) is 4.74 Å². The fourth-order valence-electron chi connectivity index (χ4n) is 3.70. The average Bonchev–Trinajstić information content (AvgIpc) is 3.18.